The van der Waals surface area contributed by atoms with E-state index < -0.39 is 0 Å². The molecule has 0 radical (unpaired) electrons. The molecule has 0 spiro atoms. The van der Waals surface area contributed by atoms with E-state index in [1.807, 2.05) is 12.1 Å². The molecule has 3 nitrogen and oxygen atoms in total. The molecule has 21 heavy (non-hydrogen) atoms. The Labute approximate surface area is 128 Å². The van der Waals surface area contributed by atoms with E-state index in [4.69, 9.17) is 21.4 Å². The van der Waals surface area contributed by atoms with Gasteiger partial charge < -0.3 is 15.2 Å². The number of benzene rings is 2. The van der Waals surface area contributed by atoms with Crippen LogP contribution in [-0.2, 0) is 13.2 Å². The maximum absolute atomic E-state index is 12.8. The summed E-state index contributed by atoms with van der Waals surface area (Å²) >= 11 is 5.99. The minimum absolute atomic E-state index is 0.0757. The first kappa shape index (κ1) is 15.8. The van der Waals surface area contributed by atoms with Gasteiger partial charge in [-0.2, -0.15) is 0 Å². The second-order valence-corrected chi connectivity index (χ2v) is 5.00. The number of rotatable bonds is 7. The largest absolute Gasteiger partial charge is 0.489 e. The molecule has 0 amide bonds. The fourth-order valence-corrected chi connectivity index (χ4v) is 2.07. The first-order chi connectivity index (χ1) is 10.2. The molecule has 0 bridgehead atoms. The molecule has 0 saturated heterocycles. The van der Waals surface area contributed by atoms with Gasteiger partial charge in [0.25, 0.3) is 0 Å². The van der Waals surface area contributed by atoms with E-state index in [9.17, 15) is 4.39 Å². The van der Waals surface area contributed by atoms with Gasteiger partial charge in [-0.15, -0.1) is 0 Å². The molecule has 2 aromatic rings. The van der Waals surface area contributed by atoms with Crippen molar-refractivity contribution in [3.05, 3.63) is 64.4 Å². The minimum Gasteiger partial charge on any atom is -0.489 e. The monoisotopic (exact) mass is 309 g/mol. The number of aliphatic hydroxyl groups excluding tert-OH is 1. The Morgan fingerprint density at radius 1 is 1.14 bits per heavy atom. The van der Waals surface area contributed by atoms with Gasteiger partial charge in [-0.25, -0.2) is 4.39 Å². The third-order valence-electron chi connectivity index (χ3n) is 2.93. The summed E-state index contributed by atoms with van der Waals surface area (Å²) < 4.78 is 18.6. The van der Waals surface area contributed by atoms with Crippen LogP contribution in [0.4, 0.5) is 4.39 Å². The van der Waals surface area contributed by atoms with Crippen molar-refractivity contribution >= 4 is 11.6 Å². The molecule has 0 aliphatic carbocycles. The highest BCUT2D eigenvalue weighted by molar-refractivity contribution is 6.30. The number of hydrogen-bond acceptors (Lipinski definition) is 3. The molecule has 0 fully saturated rings. The van der Waals surface area contributed by atoms with Crippen molar-refractivity contribution in [2.45, 2.75) is 13.2 Å². The van der Waals surface area contributed by atoms with Crippen LogP contribution in [-0.4, -0.2) is 18.3 Å². The molecule has 2 N–H and O–H groups in total. The lowest BCUT2D eigenvalue weighted by Crippen LogP contribution is -2.18. The number of hydrogen-bond donors (Lipinski definition) is 2. The van der Waals surface area contributed by atoms with Crippen LogP contribution >= 0.6 is 11.6 Å². The lowest BCUT2D eigenvalue weighted by Gasteiger charge is -2.12. The van der Waals surface area contributed by atoms with Crippen LogP contribution in [0.1, 0.15) is 11.1 Å². The summed E-state index contributed by atoms with van der Waals surface area (Å²) in [6, 6.07) is 11.6. The van der Waals surface area contributed by atoms with Crippen molar-refractivity contribution in [3.63, 3.8) is 0 Å². The first-order valence-electron chi connectivity index (χ1n) is 6.66. The molecule has 0 saturated carbocycles. The molecular formula is C16H17ClFNO2. The molecule has 0 heterocycles. The Morgan fingerprint density at radius 2 is 1.90 bits per heavy atom. The van der Waals surface area contributed by atoms with Crippen molar-refractivity contribution in [1.29, 1.82) is 0 Å². The number of halogens is 2. The normalized spacial score (nSPS) is 10.6. The van der Waals surface area contributed by atoms with E-state index in [-0.39, 0.29) is 12.4 Å². The summed E-state index contributed by atoms with van der Waals surface area (Å²) in [7, 11) is 0. The fraction of sp³-hybridized carbons (Fsp3) is 0.250. The van der Waals surface area contributed by atoms with Gasteiger partial charge in [-0.05, 0) is 35.9 Å². The molecule has 0 unspecified atom stereocenters. The zero-order valence-corrected chi connectivity index (χ0v) is 12.2. The van der Waals surface area contributed by atoms with Crippen molar-refractivity contribution in [2.75, 3.05) is 13.2 Å². The van der Waals surface area contributed by atoms with Gasteiger partial charge in [-0.1, -0.05) is 23.7 Å². The molecule has 2 aromatic carbocycles. The Hall–Kier alpha value is -1.62. The van der Waals surface area contributed by atoms with E-state index in [0.717, 1.165) is 11.1 Å². The van der Waals surface area contributed by atoms with Crippen LogP contribution in [0, 0.1) is 5.82 Å². The Kier molecular flexibility index (Phi) is 5.99. The summed E-state index contributed by atoms with van der Waals surface area (Å²) in [5, 5.41) is 12.5. The summed E-state index contributed by atoms with van der Waals surface area (Å²) in [5.41, 5.74) is 1.80. The smallest absolute Gasteiger partial charge is 0.124 e. The van der Waals surface area contributed by atoms with Gasteiger partial charge >= 0.3 is 0 Å². The standard InChI is InChI=1S/C16H17ClFNO2/c17-14-3-6-16(13(9-14)10-19-7-8-20)21-11-12-1-4-15(18)5-2-12/h1-6,9,19-20H,7-8,10-11H2. The van der Waals surface area contributed by atoms with Crippen molar-refractivity contribution in [1.82, 2.24) is 5.32 Å². The van der Waals surface area contributed by atoms with Crippen LogP contribution in [0.15, 0.2) is 42.5 Å². The van der Waals surface area contributed by atoms with E-state index in [1.165, 1.54) is 12.1 Å². The second-order valence-electron chi connectivity index (χ2n) is 4.57. The lowest BCUT2D eigenvalue weighted by atomic mass is 10.2. The predicted molar refractivity (Wildman–Crippen MR) is 81.0 cm³/mol. The molecule has 112 valence electrons. The third kappa shape index (κ3) is 5.01. The molecule has 0 aliphatic rings. The number of nitrogens with one attached hydrogen (secondary N) is 1. The minimum atomic E-state index is -0.265. The SMILES string of the molecule is OCCNCc1cc(Cl)ccc1OCc1ccc(F)cc1. The maximum atomic E-state index is 12.8. The van der Waals surface area contributed by atoms with Crippen molar-refractivity contribution < 1.29 is 14.2 Å². The number of ether oxygens (including phenoxy) is 1. The maximum Gasteiger partial charge on any atom is 0.124 e. The van der Waals surface area contributed by atoms with E-state index in [0.29, 0.717) is 30.5 Å². The zero-order chi connectivity index (χ0) is 15.1. The lowest BCUT2D eigenvalue weighted by molar-refractivity contribution is 0.288. The average Bonchev–Trinajstić information content (AvgIpc) is 2.48. The Balaban J connectivity index is 2.02. The van der Waals surface area contributed by atoms with Gasteiger partial charge in [0.2, 0.25) is 0 Å². The summed E-state index contributed by atoms with van der Waals surface area (Å²) in [6.45, 7) is 1.49. The highest BCUT2D eigenvalue weighted by Gasteiger charge is 2.05. The third-order valence-corrected chi connectivity index (χ3v) is 3.17. The molecule has 0 aliphatic heterocycles. The predicted octanol–water partition coefficient (Wildman–Crippen LogP) is 3.14. The molecule has 0 aromatic heterocycles. The second kappa shape index (κ2) is 7.98. The summed E-state index contributed by atoms with van der Waals surface area (Å²) in [5.74, 6) is 0.452. The topological polar surface area (TPSA) is 41.5 Å². The highest BCUT2D eigenvalue weighted by Crippen LogP contribution is 2.23. The summed E-state index contributed by atoms with van der Waals surface area (Å²) in [4.78, 5) is 0. The average molecular weight is 310 g/mol. The Bertz CT molecular complexity index is 575. The van der Waals surface area contributed by atoms with Gasteiger partial charge in [0.15, 0.2) is 0 Å². The fourth-order valence-electron chi connectivity index (χ4n) is 1.87. The molecular weight excluding hydrogens is 293 g/mol. The van der Waals surface area contributed by atoms with Crippen LogP contribution < -0.4 is 10.1 Å². The first-order valence-corrected chi connectivity index (χ1v) is 7.04. The van der Waals surface area contributed by atoms with Crippen LogP contribution in [0.3, 0.4) is 0 Å². The number of aliphatic hydroxyl groups is 1. The van der Waals surface area contributed by atoms with E-state index in [2.05, 4.69) is 5.32 Å². The van der Waals surface area contributed by atoms with Crippen LogP contribution in [0.5, 0.6) is 5.75 Å². The van der Waals surface area contributed by atoms with Gasteiger partial charge in [0, 0.05) is 23.7 Å². The molecule has 2 rings (SSSR count). The van der Waals surface area contributed by atoms with Crippen LogP contribution in [0.25, 0.3) is 0 Å². The quantitative estimate of drug-likeness (QED) is 0.772. The van der Waals surface area contributed by atoms with E-state index >= 15 is 0 Å². The van der Waals surface area contributed by atoms with Crippen molar-refractivity contribution in [3.8, 4) is 5.75 Å². The molecule has 5 heteroatoms. The van der Waals surface area contributed by atoms with Crippen LogP contribution in [0.2, 0.25) is 5.02 Å². The van der Waals surface area contributed by atoms with Gasteiger partial charge in [0.05, 0.1) is 6.61 Å². The molecule has 0 atom stereocenters. The highest BCUT2D eigenvalue weighted by atomic mass is 35.5. The van der Waals surface area contributed by atoms with Crippen molar-refractivity contribution in [2.24, 2.45) is 0 Å². The van der Waals surface area contributed by atoms with Gasteiger partial charge in [0.1, 0.15) is 18.2 Å². The van der Waals surface area contributed by atoms with Gasteiger partial charge in [-0.3, -0.25) is 0 Å². The zero-order valence-electron chi connectivity index (χ0n) is 11.5. The summed E-state index contributed by atoms with van der Waals surface area (Å²) in [6.07, 6.45) is 0. The Morgan fingerprint density at radius 3 is 2.62 bits per heavy atom. The van der Waals surface area contributed by atoms with E-state index in [1.54, 1.807) is 18.2 Å².